The van der Waals surface area contributed by atoms with Gasteiger partial charge in [0.1, 0.15) is 6.04 Å². The fourth-order valence-electron chi connectivity index (χ4n) is 3.63. The van der Waals surface area contributed by atoms with E-state index in [1.54, 1.807) is 20.8 Å². The van der Waals surface area contributed by atoms with Gasteiger partial charge in [0.05, 0.1) is 6.61 Å². The van der Waals surface area contributed by atoms with E-state index in [0.29, 0.717) is 5.75 Å². The van der Waals surface area contributed by atoms with Gasteiger partial charge in [-0.05, 0) is 25.7 Å². The Hall–Kier alpha value is -0.440. The van der Waals surface area contributed by atoms with Gasteiger partial charge in [-0.2, -0.15) is 0 Å². The summed E-state index contributed by atoms with van der Waals surface area (Å²) in [5.41, 5.74) is -0.601. The lowest BCUT2D eigenvalue weighted by atomic mass is 9.91. The molecule has 0 aromatic carbocycles. The second kappa shape index (κ2) is 15.4. The monoisotopic (exact) mass is 462 g/mol. The van der Waals surface area contributed by atoms with Crippen LogP contribution in [0.25, 0.3) is 0 Å². The Kier molecular flexibility index (Phi) is 14.1. The third-order valence-electron chi connectivity index (χ3n) is 5.46. The zero-order valence-corrected chi connectivity index (χ0v) is 20.6. The van der Waals surface area contributed by atoms with Crippen molar-refractivity contribution < 1.29 is 19.8 Å². The van der Waals surface area contributed by atoms with E-state index >= 15 is 0 Å². The molecular weight excluding hydrogens is 420 g/mol. The second-order valence-corrected chi connectivity index (χ2v) is 11.9. The minimum atomic E-state index is -1.04. The molecule has 0 saturated heterocycles. The number of amides is 1. The van der Waals surface area contributed by atoms with Crippen LogP contribution >= 0.6 is 21.6 Å². The van der Waals surface area contributed by atoms with E-state index in [4.69, 9.17) is 10.2 Å². The number of hydrogen-bond acceptors (Lipinski definition) is 6. The Bertz CT molecular complexity index is 472. The molecule has 30 heavy (non-hydrogen) atoms. The van der Waals surface area contributed by atoms with Crippen molar-refractivity contribution in [2.75, 3.05) is 18.1 Å². The molecule has 0 aromatic rings. The quantitative estimate of drug-likeness (QED) is 0.301. The molecule has 0 radical (unpaired) electrons. The van der Waals surface area contributed by atoms with Crippen LogP contribution in [0.3, 0.4) is 0 Å². The first-order valence-electron chi connectivity index (χ1n) is 11.4. The summed E-state index contributed by atoms with van der Waals surface area (Å²) in [4.78, 5) is 22.6. The average molecular weight is 463 g/mol. The van der Waals surface area contributed by atoms with Crippen molar-refractivity contribution in [2.45, 2.75) is 103 Å². The van der Waals surface area contributed by atoms with E-state index in [0.717, 1.165) is 12.1 Å². The van der Waals surface area contributed by atoms with E-state index < -0.39 is 17.4 Å². The molecule has 6 nitrogen and oxygen atoms in total. The summed E-state index contributed by atoms with van der Waals surface area (Å²) in [7, 11) is 2.71. The van der Waals surface area contributed by atoms with Gasteiger partial charge in [-0.25, -0.2) is 4.79 Å². The molecule has 2 fully saturated rings. The summed E-state index contributed by atoms with van der Waals surface area (Å²) in [6.45, 7) is 5.25. The molecule has 2 rings (SSSR count). The van der Waals surface area contributed by atoms with Crippen molar-refractivity contribution in [1.82, 2.24) is 10.6 Å². The predicted octanol–water partition coefficient (Wildman–Crippen LogP) is 4.22. The molecule has 176 valence electrons. The van der Waals surface area contributed by atoms with Gasteiger partial charge in [0.25, 0.3) is 0 Å². The highest BCUT2D eigenvalue weighted by molar-refractivity contribution is 8.76. The van der Waals surface area contributed by atoms with Gasteiger partial charge in [-0.1, -0.05) is 80.9 Å². The summed E-state index contributed by atoms with van der Waals surface area (Å²) in [6.07, 6.45) is 14.6. The van der Waals surface area contributed by atoms with Gasteiger partial charge in [-0.15, -0.1) is 0 Å². The third-order valence-corrected chi connectivity index (χ3v) is 7.85. The van der Waals surface area contributed by atoms with Gasteiger partial charge >= 0.3 is 5.97 Å². The van der Waals surface area contributed by atoms with Crippen molar-refractivity contribution in [2.24, 2.45) is 5.41 Å². The van der Waals surface area contributed by atoms with Crippen LogP contribution in [0, 0.1) is 5.41 Å². The van der Waals surface area contributed by atoms with Gasteiger partial charge in [-0.3, -0.25) is 4.79 Å². The van der Waals surface area contributed by atoms with E-state index in [-0.39, 0.29) is 18.3 Å². The minimum absolute atomic E-state index is 0.0593. The zero-order chi connectivity index (χ0) is 22.4. The fraction of sp³-hybridized carbons (Fsp3) is 0.909. The molecule has 1 atom stereocenters. The summed E-state index contributed by atoms with van der Waals surface area (Å²) in [5.74, 6) is -0.496. The van der Waals surface area contributed by atoms with E-state index in [1.807, 2.05) is 0 Å². The summed E-state index contributed by atoms with van der Waals surface area (Å²) >= 11 is 0. The van der Waals surface area contributed by atoms with E-state index in [9.17, 15) is 9.59 Å². The molecule has 0 aliphatic heterocycles. The van der Waals surface area contributed by atoms with Crippen molar-refractivity contribution in [3.05, 3.63) is 0 Å². The summed E-state index contributed by atoms with van der Waals surface area (Å²) < 4.78 is 0. The third kappa shape index (κ3) is 12.4. The highest BCUT2D eigenvalue weighted by Crippen LogP contribution is 2.23. The molecule has 2 aliphatic carbocycles. The number of rotatable bonds is 9. The first-order chi connectivity index (χ1) is 14.2. The Balaban J connectivity index is 0.000000308. The van der Waals surface area contributed by atoms with Crippen molar-refractivity contribution in [3.63, 3.8) is 0 Å². The smallest absolute Gasteiger partial charge is 0.327 e. The topological polar surface area (TPSA) is 98.7 Å². The Morgan fingerprint density at radius 3 is 1.83 bits per heavy atom. The van der Waals surface area contributed by atoms with Crippen molar-refractivity contribution in [3.8, 4) is 0 Å². The van der Waals surface area contributed by atoms with Crippen molar-refractivity contribution in [1.29, 1.82) is 0 Å². The van der Waals surface area contributed by atoms with Crippen LogP contribution in [0.15, 0.2) is 0 Å². The molecule has 0 spiro atoms. The lowest BCUT2D eigenvalue weighted by molar-refractivity contribution is -0.142. The normalized spacial score (nSPS) is 19.5. The number of aliphatic carboxylic acids is 1. The average Bonchev–Trinajstić information content (AvgIpc) is 2.71. The molecule has 0 heterocycles. The first kappa shape index (κ1) is 27.6. The Morgan fingerprint density at radius 2 is 1.43 bits per heavy atom. The highest BCUT2D eigenvalue weighted by atomic mass is 33.1. The lowest BCUT2D eigenvalue weighted by Gasteiger charge is -2.30. The largest absolute Gasteiger partial charge is 0.480 e. The van der Waals surface area contributed by atoms with Gasteiger partial charge in [0.15, 0.2) is 0 Å². The number of aliphatic hydroxyl groups excluding tert-OH is 1. The highest BCUT2D eigenvalue weighted by Gasteiger charge is 2.27. The SMILES string of the molecule is C1CCC(NC2CCCCC2)CC1.CC(C)(C)C(=O)N[C@@H](CSSCCO)C(=O)O. The second-order valence-electron chi connectivity index (χ2n) is 9.28. The standard InChI is InChI=1S/C12H23N.C10H19NO4S2/c1-3-7-11(8-4-1)13-12-9-5-2-6-10-12;1-10(2,3)9(15)11-7(8(13)14)6-17-16-5-4-12/h11-13H,1-10H2;7,12H,4-6H2,1-3H3,(H,11,15)(H,13,14)/t;7-/m.0/s1. The van der Waals surface area contributed by atoms with Crippen LogP contribution in [0.5, 0.6) is 0 Å². The molecule has 1 amide bonds. The molecule has 8 heteroatoms. The molecule has 4 N–H and O–H groups in total. The molecule has 0 bridgehead atoms. The van der Waals surface area contributed by atoms with Crippen LogP contribution in [-0.2, 0) is 9.59 Å². The van der Waals surface area contributed by atoms with Crippen LogP contribution in [0.1, 0.15) is 85.0 Å². The Labute approximate surface area is 190 Å². The van der Waals surface area contributed by atoms with Crippen molar-refractivity contribution >= 4 is 33.5 Å². The molecule has 0 aromatic heterocycles. The van der Waals surface area contributed by atoms with Crippen LogP contribution in [-0.4, -0.2) is 58.3 Å². The van der Waals surface area contributed by atoms with Gasteiger partial charge in [0.2, 0.25) is 5.91 Å². The molecular formula is C22H42N2O4S2. The number of aliphatic hydroxyl groups is 1. The summed E-state index contributed by atoms with van der Waals surface area (Å²) in [6, 6.07) is 0.853. The summed E-state index contributed by atoms with van der Waals surface area (Å²) in [5, 5.41) is 23.9. The number of carbonyl (C=O) groups excluding carboxylic acids is 1. The van der Waals surface area contributed by atoms with Crippen LogP contribution in [0.4, 0.5) is 0 Å². The number of carbonyl (C=O) groups is 2. The first-order valence-corrected chi connectivity index (χ1v) is 13.9. The maximum absolute atomic E-state index is 11.6. The zero-order valence-electron chi connectivity index (χ0n) is 19.0. The molecule has 2 aliphatic rings. The minimum Gasteiger partial charge on any atom is -0.480 e. The van der Waals surface area contributed by atoms with Gasteiger partial charge < -0.3 is 20.8 Å². The maximum Gasteiger partial charge on any atom is 0.327 e. The van der Waals surface area contributed by atoms with E-state index in [1.165, 1.54) is 85.8 Å². The predicted molar refractivity (Wildman–Crippen MR) is 128 cm³/mol. The number of carboxylic acids is 1. The van der Waals surface area contributed by atoms with E-state index in [2.05, 4.69) is 10.6 Å². The van der Waals surface area contributed by atoms with Crippen LogP contribution < -0.4 is 10.6 Å². The lowest BCUT2D eigenvalue weighted by Crippen LogP contribution is -2.47. The number of hydrogen-bond donors (Lipinski definition) is 4. The number of carboxylic acid groups (broad SMARTS) is 1. The molecule has 0 unspecified atom stereocenters. The maximum atomic E-state index is 11.6. The number of nitrogens with one attached hydrogen (secondary N) is 2. The van der Waals surface area contributed by atoms with Gasteiger partial charge in [0, 0.05) is 29.0 Å². The Morgan fingerprint density at radius 1 is 0.933 bits per heavy atom. The molecule has 2 saturated carbocycles. The van der Waals surface area contributed by atoms with Crippen LogP contribution in [0.2, 0.25) is 0 Å². The fourth-order valence-corrected chi connectivity index (χ4v) is 5.56.